The molecule has 0 amide bonds. The highest BCUT2D eigenvalue weighted by Gasteiger charge is 2.14. The molecule has 0 fully saturated rings. The van der Waals surface area contributed by atoms with Crippen LogP contribution in [0.5, 0.6) is 0 Å². The van der Waals surface area contributed by atoms with Crippen LogP contribution in [0.1, 0.15) is 23.9 Å². The molecular weight excluding hydrogens is 256 g/mol. The van der Waals surface area contributed by atoms with Gasteiger partial charge < -0.3 is 4.57 Å². The standard InChI is InChI=1S/C14H20N4S/c1-18-10-9-16-14(18)8-7-12(17-15)11-5-3-4-6-13(11)19-2/h3-6,9-10,12,17H,7-8,15H2,1-2H3. The highest BCUT2D eigenvalue weighted by Crippen LogP contribution is 2.27. The summed E-state index contributed by atoms with van der Waals surface area (Å²) in [5.41, 5.74) is 4.18. The molecule has 0 aliphatic heterocycles. The predicted molar refractivity (Wildman–Crippen MR) is 79.8 cm³/mol. The number of rotatable bonds is 6. The van der Waals surface area contributed by atoms with Gasteiger partial charge in [-0.3, -0.25) is 11.3 Å². The minimum absolute atomic E-state index is 0.153. The first-order valence-corrected chi connectivity index (χ1v) is 7.54. The fourth-order valence-electron chi connectivity index (χ4n) is 2.19. The van der Waals surface area contributed by atoms with Crippen molar-refractivity contribution >= 4 is 11.8 Å². The number of nitrogens with one attached hydrogen (secondary N) is 1. The summed E-state index contributed by atoms with van der Waals surface area (Å²) in [6, 6.07) is 8.53. The lowest BCUT2D eigenvalue weighted by Crippen LogP contribution is -2.29. The summed E-state index contributed by atoms with van der Waals surface area (Å²) in [5, 5.41) is 0. The molecule has 1 atom stereocenters. The third-order valence-corrected chi connectivity index (χ3v) is 4.10. The molecule has 5 heteroatoms. The molecule has 0 aliphatic carbocycles. The second-order valence-electron chi connectivity index (χ2n) is 4.45. The van der Waals surface area contributed by atoms with Crippen LogP contribution in [-0.2, 0) is 13.5 Å². The highest BCUT2D eigenvalue weighted by molar-refractivity contribution is 7.98. The predicted octanol–water partition coefficient (Wildman–Crippen LogP) is 2.28. The van der Waals surface area contributed by atoms with Crippen LogP contribution < -0.4 is 11.3 Å². The van der Waals surface area contributed by atoms with Crippen molar-refractivity contribution in [1.82, 2.24) is 15.0 Å². The van der Waals surface area contributed by atoms with Gasteiger partial charge in [0.05, 0.1) is 0 Å². The Morgan fingerprint density at radius 2 is 2.21 bits per heavy atom. The van der Waals surface area contributed by atoms with Gasteiger partial charge in [-0.15, -0.1) is 11.8 Å². The van der Waals surface area contributed by atoms with Crippen LogP contribution in [0.15, 0.2) is 41.6 Å². The van der Waals surface area contributed by atoms with Crippen molar-refractivity contribution in [1.29, 1.82) is 0 Å². The average Bonchev–Trinajstić information content (AvgIpc) is 2.85. The molecule has 3 N–H and O–H groups in total. The fraction of sp³-hybridized carbons (Fsp3) is 0.357. The molecule has 2 rings (SSSR count). The number of hydrogen-bond donors (Lipinski definition) is 2. The Balaban J connectivity index is 2.10. The monoisotopic (exact) mass is 276 g/mol. The van der Waals surface area contributed by atoms with Crippen molar-refractivity contribution in [3.05, 3.63) is 48.0 Å². The molecule has 1 heterocycles. The highest BCUT2D eigenvalue weighted by atomic mass is 32.2. The molecular formula is C14H20N4S. The third-order valence-electron chi connectivity index (χ3n) is 3.29. The van der Waals surface area contributed by atoms with Crippen molar-refractivity contribution in [2.75, 3.05) is 6.26 Å². The van der Waals surface area contributed by atoms with Gasteiger partial charge in [0.15, 0.2) is 0 Å². The van der Waals surface area contributed by atoms with Crippen LogP contribution in [-0.4, -0.2) is 15.8 Å². The van der Waals surface area contributed by atoms with Gasteiger partial charge >= 0.3 is 0 Å². The summed E-state index contributed by atoms with van der Waals surface area (Å²) < 4.78 is 2.05. The van der Waals surface area contributed by atoms with E-state index < -0.39 is 0 Å². The smallest absolute Gasteiger partial charge is 0.108 e. The minimum atomic E-state index is 0.153. The SMILES string of the molecule is CSc1ccccc1C(CCc1nccn1C)NN. The Morgan fingerprint density at radius 3 is 2.84 bits per heavy atom. The maximum absolute atomic E-state index is 5.72. The first kappa shape index (κ1) is 14.1. The summed E-state index contributed by atoms with van der Waals surface area (Å²) in [4.78, 5) is 5.62. The maximum atomic E-state index is 5.72. The second-order valence-corrected chi connectivity index (χ2v) is 5.30. The molecule has 0 radical (unpaired) electrons. The molecule has 0 saturated heterocycles. The van der Waals surface area contributed by atoms with E-state index in [4.69, 9.17) is 5.84 Å². The van der Waals surface area contributed by atoms with Crippen LogP contribution in [0.4, 0.5) is 0 Å². The molecule has 0 aliphatic rings. The number of hydrazine groups is 1. The van der Waals surface area contributed by atoms with Gasteiger partial charge in [0.2, 0.25) is 0 Å². The lowest BCUT2D eigenvalue weighted by Gasteiger charge is -2.18. The van der Waals surface area contributed by atoms with Gasteiger partial charge in [0, 0.05) is 36.8 Å². The Kier molecular flexibility index (Phi) is 5.01. The summed E-state index contributed by atoms with van der Waals surface area (Å²) in [5.74, 6) is 6.80. The third kappa shape index (κ3) is 3.37. The molecule has 102 valence electrons. The fourth-order valence-corrected chi connectivity index (χ4v) is 2.85. The van der Waals surface area contributed by atoms with Gasteiger partial charge in [-0.05, 0) is 24.3 Å². The van der Waals surface area contributed by atoms with Crippen LogP contribution in [0.3, 0.4) is 0 Å². The summed E-state index contributed by atoms with van der Waals surface area (Å²) in [6.45, 7) is 0. The summed E-state index contributed by atoms with van der Waals surface area (Å²) >= 11 is 1.75. The van der Waals surface area contributed by atoms with E-state index >= 15 is 0 Å². The number of nitrogens with two attached hydrogens (primary N) is 1. The second kappa shape index (κ2) is 6.75. The Labute approximate surface area is 118 Å². The number of aromatic nitrogens is 2. The lowest BCUT2D eigenvalue weighted by molar-refractivity contribution is 0.500. The van der Waals surface area contributed by atoms with Crippen molar-refractivity contribution in [2.24, 2.45) is 12.9 Å². The number of aryl methyl sites for hydroxylation is 2. The van der Waals surface area contributed by atoms with Crippen LogP contribution in [0.2, 0.25) is 0 Å². The molecule has 1 unspecified atom stereocenters. The summed E-state index contributed by atoms with van der Waals surface area (Å²) in [7, 11) is 2.02. The molecule has 0 saturated carbocycles. The minimum Gasteiger partial charge on any atom is -0.338 e. The zero-order valence-electron chi connectivity index (χ0n) is 11.3. The lowest BCUT2D eigenvalue weighted by atomic mass is 10.0. The van der Waals surface area contributed by atoms with Gasteiger partial charge in [0.25, 0.3) is 0 Å². The van der Waals surface area contributed by atoms with E-state index in [0.717, 1.165) is 18.7 Å². The van der Waals surface area contributed by atoms with Crippen molar-refractivity contribution in [2.45, 2.75) is 23.8 Å². The number of imidazole rings is 1. The van der Waals surface area contributed by atoms with E-state index in [1.54, 1.807) is 11.8 Å². The largest absolute Gasteiger partial charge is 0.338 e. The molecule has 4 nitrogen and oxygen atoms in total. The normalized spacial score (nSPS) is 12.6. The maximum Gasteiger partial charge on any atom is 0.108 e. The zero-order valence-corrected chi connectivity index (χ0v) is 12.2. The van der Waals surface area contributed by atoms with Crippen LogP contribution in [0.25, 0.3) is 0 Å². The first-order valence-electron chi connectivity index (χ1n) is 6.31. The van der Waals surface area contributed by atoms with Gasteiger partial charge in [-0.2, -0.15) is 0 Å². The number of thioether (sulfide) groups is 1. The molecule has 0 spiro atoms. The van der Waals surface area contributed by atoms with Crippen LogP contribution in [0, 0.1) is 0 Å². The Hall–Kier alpha value is -1.30. The average molecular weight is 276 g/mol. The van der Waals surface area contributed by atoms with Gasteiger partial charge in [-0.25, -0.2) is 4.98 Å². The number of nitrogens with zero attached hydrogens (tertiary/aromatic N) is 2. The van der Waals surface area contributed by atoms with E-state index in [2.05, 4.69) is 40.9 Å². The number of benzene rings is 1. The molecule has 19 heavy (non-hydrogen) atoms. The molecule has 1 aromatic carbocycles. The quantitative estimate of drug-likeness (QED) is 0.483. The first-order chi connectivity index (χ1) is 9.26. The molecule has 0 bridgehead atoms. The topological polar surface area (TPSA) is 55.9 Å². The molecule has 2 aromatic rings. The van der Waals surface area contributed by atoms with Crippen LogP contribution >= 0.6 is 11.8 Å². The van der Waals surface area contributed by atoms with Crippen molar-refractivity contribution in [3.8, 4) is 0 Å². The van der Waals surface area contributed by atoms with Crippen molar-refractivity contribution < 1.29 is 0 Å². The van der Waals surface area contributed by atoms with E-state index in [0.29, 0.717) is 0 Å². The van der Waals surface area contributed by atoms with Gasteiger partial charge in [-0.1, -0.05) is 18.2 Å². The van der Waals surface area contributed by atoms with E-state index in [9.17, 15) is 0 Å². The Morgan fingerprint density at radius 1 is 1.42 bits per heavy atom. The van der Waals surface area contributed by atoms with E-state index in [-0.39, 0.29) is 6.04 Å². The zero-order chi connectivity index (χ0) is 13.7. The van der Waals surface area contributed by atoms with E-state index in [1.165, 1.54) is 10.5 Å². The Bertz CT molecular complexity index is 524. The van der Waals surface area contributed by atoms with E-state index in [1.807, 2.05) is 24.0 Å². The van der Waals surface area contributed by atoms with Crippen molar-refractivity contribution in [3.63, 3.8) is 0 Å². The van der Waals surface area contributed by atoms with Gasteiger partial charge in [0.1, 0.15) is 5.82 Å². The molecule has 1 aromatic heterocycles. The number of hydrogen-bond acceptors (Lipinski definition) is 4. The summed E-state index contributed by atoms with van der Waals surface area (Å²) in [6.07, 6.45) is 7.72.